The number of H-pyrrole nitrogens is 1. The maximum atomic E-state index is 12.5. The zero-order valence-corrected chi connectivity index (χ0v) is 12.7. The first-order valence-corrected chi connectivity index (χ1v) is 8.15. The lowest BCUT2D eigenvalue weighted by atomic mass is 10.2. The third-order valence-corrected chi connectivity index (χ3v) is 4.82. The molecule has 0 unspecified atom stereocenters. The molecule has 1 aromatic heterocycles. The van der Waals surface area contributed by atoms with Crippen molar-refractivity contribution < 1.29 is 8.42 Å². The maximum Gasteiger partial charge on any atom is 0.264 e. The van der Waals surface area contributed by atoms with E-state index in [9.17, 15) is 8.42 Å². The number of fused-ring (bicyclic) bond motifs is 1. The Hall–Kier alpha value is -2.49. The number of rotatable bonds is 3. The molecule has 5 nitrogen and oxygen atoms in total. The first-order valence-electron chi connectivity index (χ1n) is 6.29. The Morgan fingerprint density at radius 2 is 1.86 bits per heavy atom. The van der Waals surface area contributed by atoms with Crippen molar-refractivity contribution in [3.05, 3.63) is 59.2 Å². The van der Waals surface area contributed by atoms with Crippen molar-refractivity contribution in [1.82, 2.24) is 4.98 Å². The Kier molecular flexibility index (Phi) is 3.53. The van der Waals surface area contributed by atoms with Gasteiger partial charge in [-0.05, 0) is 42.5 Å². The van der Waals surface area contributed by atoms with E-state index in [4.69, 9.17) is 16.9 Å². The summed E-state index contributed by atoms with van der Waals surface area (Å²) in [5, 5.41) is 9.73. The fourth-order valence-corrected chi connectivity index (χ4v) is 3.51. The van der Waals surface area contributed by atoms with Crippen molar-refractivity contribution in [1.29, 1.82) is 5.26 Å². The molecular formula is C15H10ClN3O2S. The topological polar surface area (TPSA) is 85.8 Å². The van der Waals surface area contributed by atoms with E-state index < -0.39 is 10.0 Å². The number of hydrogen-bond acceptors (Lipinski definition) is 3. The molecule has 0 bridgehead atoms. The summed E-state index contributed by atoms with van der Waals surface area (Å²) >= 11 is 5.93. The van der Waals surface area contributed by atoms with Gasteiger partial charge in [-0.1, -0.05) is 11.6 Å². The van der Waals surface area contributed by atoms with Gasteiger partial charge in [0.2, 0.25) is 0 Å². The van der Waals surface area contributed by atoms with Crippen LogP contribution >= 0.6 is 11.6 Å². The molecule has 0 saturated carbocycles. The van der Waals surface area contributed by atoms with Crippen LogP contribution in [-0.2, 0) is 10.0 Å². The number of nitriles is 1. The molecule has 0 fully saturated rings. The minimum atomic E-state index is -3.76. The van der Waals surface area contributed by atoms with Crippen molar-refractivity contribution in [3.8, 4) is 6.07 Å². The molecule has 0 atom stereocenters. The molecule has 110 valence electrons. The lowest BCUT2D eigenvalue weighted by Crippen LogP contribution is -2.12. The molecule has 7 heteroatoms. The molecule has 0 saturated heterocycles. The summed E-state index contributed by atoms with van der Waals surface area (Å²) in [5.41, 5.74) is 1.53. The predicted octanol–water partition coefficient (Wildman–Crippen LogP) is 3.49. The normalized spacial score (nSPS) is 11.3. The lowest BCUT2D eigenvalue weighted by molar-refractivity contribution is 0.602. The van der Waals surface area contributed by atoms with Gasteiger partial charge in [-0.15, -0.1) is 0 Å². The molecular weight excluding hydrogens is 322 g/mol. The van der Waals surface area contributed by atoms with E-state index in [1.54, 1.807) is 30.3 Å². The number of aromatic amines is 1. The van der Waals surface area contributed by atoms with Crippen molar-refractivity contribution >= 4 is 38.2 Å². The van der Waals surface area contributed by atoms with Gasteiger partial charge in [0.25, 0.3) is 10.0 Å². The van der Waals surface area contributed by atoms with Crippen LogP contribution < -0.4 is 4.72 Å². The average Bonchev–Trinajstić information content (AvgIpc) is 2.91. The Labute approximate surface area is 132 Å². The van der Waals surface area contributed by atoms with E-state index in [1.165, 1.54) is 18.3 Å². The van der Waals surface area contributed by atoms with Crippen LogP contribution in [0.2, 0.25) is 5.02 Å². The number of nitrogens with zero attached hydrogens (tertiary/aromatic N) is 1. The summed E-state index contributed by atoms with van der Waals surface area (Å²) in [7, 11) is -3.76. The van der Waals surface area contributed by atoms with Crippen LogP contribution in [0.15, 0.2) is 53.6 Å². The standard InChI is InChI=1S/C15H10ClN3O2S/c16-11-3-6-14-13(7-11)15(9-18-14)22(20,21)19-12-4-1-10(8-17)2-5-12/h1-7,9,18-19H. The summed E-state index contributed by atoms with van der Waals surface area (Å²) in [6.45, 7) is 0. The van der Waals surface area contributed by atoms with Crippen LogP contribution in [0.4, 0.5) is 5.69 Å². The van der Waals surface area contributed by atoms with Crippen LogP contribution in [0.5, 0.6) is 0 Å². The molecule has 0 amide bonds. The highest BCUT2D eigenvalue weighted by molar-refractivity contribution is 7.93. The van der Waals surface area contributed by atoms with E-state index in [0.717, 1.165) is 0 Å². The zero-order valence-electron chi connectivity index (χ0n) is 11.2. The number of benzene rings is 2. The molecule has 0 spiro atoms. The number of nitrogens with one attached hydrogen (secondary N) is 2. The number of anilines is 1. The summed E-state index contributed by atoms with van der Waals surface area (Å²) in [6, 6.07) is 13.2. The van der Waals surface area contributed by atoms with Gasteiger partial charge in [-0.2, -0.15) is 5.26 Å². The highest BCUT2D eigenvalue weighted by Gasteiger charge is 2.19. The molecule has 0 aliphatic rings. The van der Waals surface area contributed by atoms with Gasteiger partial charge < -0.3 is 4.98 Å². The SMILES string of the molecule is N#Cc1ccc(NS(=O)(=O)c2c[nH]c3ccc(Cl)cc23)cc1. The smallest absolute Gasteiger partial charge is 0.264 e. The summed E-state index contributed by atoms with van der Waals surface area (Å²) in [5.74, 6) is 0. The van der Waals surface area contributed by atoms with Crippen LogP contribution in [0.3, 0.4) is 0 Å². The monoisotopic (exact) mass is 331 g/mol. The van der Waals surface area contributed by atoms with Crippen LogP contribution in [-0.4, -0.2) is 13.4 Å². The Morgan fingerprint density at radius 3 is 2.55 bits per heavy atom. The van der Waals surface area contributed by atoms with Crippen molar-refractivity contribution in [2.24, 2.45) is 0 Å². The zero-order chi connectivity index (χ0) is 15.7. The van der Waals surface area contributed by atoms with Gasteiger partial charge in [0.05, 0.1) is 11.6 Å². The summed E-state index contributed by atoms with van der Waals surface area (Å²) < 4.78 is 27.5. The number of halogens is 1. The third kappa shape index (κ3) is 2.64. The summed E-state index contributed by atoms with van der Waals surface area (Å²) in [6.07, 6.45) is 1.42. The molecule has 0 radical (unpaired) electrons. The van der Waals surface area contributed by atoms with Crippen LogP contribution in [0.1, 0.15) is 5.56 Å². The summed E-state index contributed by atoms with van der Waals surface area (Å²) in [4.78, 5) is 3.02. The van der Waals surface area contributed by atoms with Gasteiger partial charge in [0.15, 0.2) is 0 Å². The van der Waals surface area contributed by atoms with Crippen molar-refractivity contribution in [3.63, 3.8) is 0 Å². The molecule has 2 aromatic carbocycles. The molecule has 2 N–H and O–H groups in total. The van der Waals surface area contributed by atoms with Gasteiger partial charge in [0.1, 0.15) is 4.90 Å². The highest BCUT2D eigenvalue weighted by atomic mass is 35.5. The van der Waals surface area contributed by atoms with Crippen molar-refractivity contribution in [2.75, 3.05) is 4.72 Å². The highest BCUT2D eigenvalue weighted by Crippen LogP contribution is 2.27. The first-order chi connectivity index (χ1) is 10.5. The van der Waals surface area contributed by atoms with E-state index in [1.807, 2.05) is 6.07 Å². The fourth-order valence-electron chi connectivity index (χ4n) is 2.11. The fraction of sp³-hybridized carbons (Fsp3) is 0. The van der Waals surface area contributed by atoms with Gasteiger partial charge in [-0.3, -0.25) is 4.72 Å². The molecule has 0 aliphatic carbocycles. The quantitative estimate of drug-likeness (QED) is 0.770. The Bertz CT molecular complexity index is 986. The van der Waals surface area contributed by atoms with E-state index in [2.05, 4.69) is 9.71 Å². The average molecular weight is 332 g/mol. The van der Waals surface area contributed by atoms with Crippen LogP contribution in [0.25, 0.3) is 10.9 Å². The second-order valence-corrected chi connectivity index (χ2v) is 6.72. The molecule has 0 aliphatic heterocycles. The molecule has 22 heavy (non-hydrogen) atoms. The number of sulfonamides is 1. The molecule has 1 heterocycles. The molecule has 3 rings (SSSR count). The lowest BCUT2D eigenvalue weighted by Gasteiger charge is -2.07. The van der Waals surface area contributed by atoms with Crippen molar-refractivity contribution in [2.45, 2.75) is 4.90 Å². The molecule has 3 aromatic rings. The van der Waals surface area contributed by atoms with Crippen LogP contribution in [0, 0.1) is 11.3 Å². The van der Waals surface area contributed by atoms with E-state index >= 15 is 0 Å². The van der Waals surface area contributed by atoms with Gasteiger partial charge >= 0.3 is 0 Å². The third-order valence-electron chi connectivity index (χ3n) is 3.16. The first kappa shape index (κ1) is 14.4. The maximum absolute atomic E-state index is 12.5. The van der Waals surface area contributed by atoms with Gasteiger partial charge in [0, 0.05) is 27.8 Å². The number of hydrogen-bond donors (Lipinski definition) is 2. The van der Waals surface area contributed by atoms with E-state index in [-0.39, 0.29) is 4.90 Å². The van der Waals surface area contributed by atoms with Gasteiger partial charge in [-0.25, -0.2) is 8.42 Å². The number of aromatic nitrogens is 1. The Balaban J connectivity index is 2.01. The van der Waals surface area contributed by atoms with E-state index in [0.29, 0.717) is 27.2 Å². The largest absolute Gasteiger partial charge is 0.360 e. The minimum absolute atomic E-state index is 0.120. The minimum Gasteiger partial charge on any atom is -0.360 e. The predicted molar refractivity (Wildman–Crippen MR) is 85.3 cm³/mol. The Morgan fingerprint density at radius 1 is 1.14 bits per heavy atom. The second-order valence-electron chi connectivity index (χ2n) is 4.64. The second kappa shape index (κ2) is 5.37.